The lowest BCUT2D eigenvalue weighted by Gasteiger charge is -2.11. The van der Waals surface area contributed by atoms with E-state index >= 15 is 0 Å². The quantitative estimate of drug-likeness (QED) is 0.728. The van der Waals surface area contributed by atoms with Crippen LogP contribution < -0.4 is 5.32 Å². The van der Waals surface area contributed by atoms with E-state index in [2.05, 4.69) is 15.3 Å². The van der Waals surface area contributed by atoms with E-state index in [-0.39, 0.29) is 11.7 Å². The van der Waals surface area contributed by atoms with Crippen molar-refractivity contribution >= 4 is 5.91 Å². The first-order valence-corrected chi connectivity index (χ1v) is 8.61. The van der Waals surface area contributed by atoms with Gasteiger partial charge in [0.1, 0.15) is 5.82 Å². The van der Waals surface area contributed by atoms with Crippen molar-refractivity contribution in [1.82, 2.24) is 24.8 Å². The molecule has 140 valence electrons. The highest BCUT2D eigenvalue weighted by Crippen LogP contribution is 2.16. The van der Waals surface area contributed by atoms with E-state index in [0.717, 1.165) is 17.0 Å². The van der Waals surface area contributed by atoms with Crippen molar-refractivity contribution in [1.29, 1.82) is 0 Å². The lowest BCUT2D eigenvalue weighted by molar-refractivity contribution is 0.0827. The molecule has 0 atom stereocenters. The molecular formula is C20H22FN5O. The van der Waals surface area contributed by atoms with Crippen molar-refractivity contribution in [3.05, 3.63) is 77.4 Å². The van der Waals surface area contributed by atoms with Gasteiger partial charge >= 0.3 is 0 Å². The number of aromatic nitrogens is 3. The molecule has 0 spiro atoms. The number of benzene rings is 1. The number of hydrogen-bond donors (Lipinski definition) is 1. The number of halogens is 1. The normalized spacial score (nSPS) is 10.8. The number of aryl methyl sites for hydroxylation is 1. The number of imidazole rings is 1. The fourth-order valence-corrected chi connectivity index (χ4v) is 2.72. The summed E-state index contributed by atoms with van der Waals surface area (Å²) in [6.45, 7) is 2.84. The topological polar surface area (TPSA) is 63.1 Å². The molecule has 1 N–H and O–H groups in total. The van der Waals surface area contributed by atoms with Gasteiger partial charge < -0.3 is 14.8 Å². The number of pyridine rings is 1. The van der Waals surface area contributed by atoms with Gasteiger partial charge in [-0.25, -0.2) is 9.37 Å². The first-order chi connectivity index (χ1) is 12.9. The standard InChI is InChI=1S/C20H22FN5O/c1-14-12-26(13-24-14)19-5-4-15(8-18(19)21)10-22-11-17-9-16(6-7-23-17)20(27)25(2)3/h4-9,12-13,22H,10-11H2,1-3H3. The Balaban J connectivity index is 1.62. The van der Waals surface area contributed by atoms with E-state index < -0.39 is 0 Å². The van der Waals surface area contributed by atoms with Gasteiger partial charge in [0.05, 0.1) is 23.4 Å². The Morgan fingerprint density at radius 2 is 2.00 bits per heavy atom. The van der Waals surface area contributed by atoms with Crippen LogP contribution in [0.3, 0.4) is 0 Å². The van der Waals surface area contributed by atoms with E-state index in [1.54, 1.807) is 55.6 Å². The van der Waals surface area contributed by atoms with Crippen molar-refractivity contribution in [3.8, 4) is 5.69 Å². The number of rotatable bonds is 6. The second-order valence-corrected chi connectivity index (χ2v) is 6.55. The molecule has 0 bridgehead atoms. The van der Waals surface area contributed by atoms with Crippen LogP contribution in [0.15, 0.2) is 49.1 Å². The zero-order chi connectivity index (χ0) is 19.4. The molecule has 0 saturated carbocycles. The molecule has 0 radical (unpaired) electrons. The van der Waals surface area contributed by atoms with Gasteiger partial charge in [-0.15, -0.1) is 0 Å². The van der Waals surface area contributed by atoms with Crippen LogP contribution in [0.25, 0.3) is 5.69 Å². The van der Waals surface area contributed by atoms with Crippen molar-refractivity contribution < 1.29 is 9.18 Å². The maximum absolute atomic E-state index is 14.4. The molecule has 0 saturated heterocycles. The molecule has 2 aromatic heterocycles. The molecule has 0 aliphatic carbocycles. The number of nitrogens with one attached hydrogen (secondary N) is 1. The van der Waals surface area contributed by atoms with Gasteiger partial charge in [0.15, 0.2) is 0 Å². The second kappa shape index (κ2) is 8.09. The fourth-order valence-electron chi connectivity index (χ4n) is 2.72. The molecule has 2 heterocycles. The molecule has 6 nitrogen and oxygen atoms in total. The maximum atomic E-state index is 14.4. The van der Waals surface area contributed by atoms with Crippen molar-refractivity contribution in [2.75, 3.05) is 14.1 Å². The summed E-state index contributed by atoms with van der Waals surface area (Å²) in [7, 11) is 3.42. The minimum Gasteiger partial charge on any atom is -0.345 e. The van der Waals surface area contributed by atoms with Crippen LogP contribution >= 0.6 is 0 Å². The smallest absolute Gasteiger partial charge is 0.253 e. The number of carbonyl (C=O) groups excluding carboxylic acids is 1. The Morgan fingerprint density at radius 3 is 2.67 bits per heavy atom. The molecule has 1 amide bonds. The number of hydrogen-bond acceptors (Lipinski definition) is 4. The minimum absolute atomic E-state index is 0.0638. The minimum atomic E-state index is -0.302. The average Bonchev–Trinajstić information content (AvgIpc) is 3.07. The van der Waals surface area contributed by atoms with Crippen molar-refractivity contribution in [2.45, 2.75) is 20.0 Å². The molecule has 27 heavy (non-hydrogen) atoms. The molecule has 1 aromatic carbocycles. The van der Waals surface area contributed by atoms with Gasteiger partial charge in [0.2, 0.25) is 0 Å². The molecule has 3 rings (SSSR count). The summed E-state index contributed by atoms with van der Waals surface area (Å²) in [4.78, 5) is 21.9. The van der Waals surface area contributed by atoms with Crippen LogP contribution in [0.1, 0.15) is 27.3 Å². The Morgan fingerprint density at radius 1 is 1.19 bits per heavy atom. The van der Waals surface area contributed by atoms with Gasteiger partial charge in [-0.1, -0.05) is 6.07 Å². The van der Waals surface area contributed by atoms with Crippen LogP contribution in [-0.2, 0) is 13.1 Å². The lowest BCUT2D eigenvalue weighted by Crippen LogP contribution is -2.22. The summed E-state index contributed by atoms with van der Waals surface area (Å²) in [5, 5.41) is 3.23. The number of nitrogens with zero attached hydrogens (tertiary/aromatic N) is 4. The molecule has 0 fully saturated rings. The summed E-state index contributed by atoms with van der Waals surface area (Å²) in [6.07, 6.45) is 5.00. The van der Waals surface area contributed by atoms with Gasteiger partial charge in [-0.05, 0) is 36.8 Å². The van der Waals surface area contributed by atoms with Crippen LogP contribution in [0, 0.1) is 12.7 Å². The summed E-state index contributed by atoms with van der Waals surface area (Å²) in [5.74, 6) is -0.366. The third-order valence-corrected chi connectivity index (χ3v) is 4.11. The zero-order valence-corrected chi connectivity index (χ0v) is 15.6. The van der Waals surface area contributed by atoms with Crippen molar-refractivity contribution in [2.24, 2.45) is 0 Å². The first kappa shape index (κ1) is 18.7. The first-order valence-electron chi connectivity index (χ1n) is 8.61. The number of carbonyl (C=O) groups is 1. The molecule has 7 heteroatoms. The van der Waals surface area contributed by atoms with E-state index in [0.29, 0.717) is 24.3 Å². The highest BCUT2D eigenvalue weighted by Gasteiger charge is 2.09. The zero-order valence-electron chi connectivity index (χ0n) is 15.6. The molecule has 0 aliphatic heterocycles. The Labute approximate surface area is 157 Å². The van der Waals surface area contributed by atoms with Gasteiger partial charge in [-0.3, -0.25) is 9.78 Å². The van der Waals surface area contributed by atoms with E-state index in [9.17, 15) is 9.18 Å². The highest BCUT2D eigenvalue weighted by atomic mass is 19.1. The Bertz CT molecular complexity index is 951. The number of amides is 1. The van der Waals surface area contributed by atoms with Crippen LogP contribution in [0.4, 0.5) is 4.39 Å². The predicted octanol–water partition coefficient (Wildman–Crippen LogP) is 2.71. The largest absolute Gasteiger partial charge is 0.345 e. The van der Waals surface area contributed by atoms with Crippen LogP contribution in [0.2, 0.25) is 0 Å². The molecule has 0 unspecified atom stereocenters. The summed E-state index contributed by atoms with van der Waals surface area (Å²) in [6, 6.07) is 8.58. The van der Waals surface area contributed by atoms with Crippen LogP contribution in [-0.4, -0.2) is 39.4 Å². The van der Waals surface area contributed by atoms with E-state index in [4.69, 9.17) is 0 Å². The Hall–Kier alpha value is -3.06. The van der Waals surface area contributed by atoms with Crippen molar-refractivity contribution in [3.63, 3.8) is 0 Å². The van der Waals surface area contributed by atoms with Gasteiger partial charge in [-0.2, -0.15) is 0 Å². The second-order valence-electron chi connectivity index (χ2n) is 6.55. The monoisotopic (exact) mass is 367 g/mol. The SMILES string of the molecule is Cc1cn(-c2ccc(CNCc3cc(C(=O)N(C)C)ccn3)cc2F)cn1. The van der Waals surface area contributed by atoms with E-state index in [1.807, 2.05) is 13.0 Å². The third kappa shape index (κ3) is 4.57. The van der Waals surface area contributed by atoms with Gasteiger partial charge in [0, 0.05) is 45.1 Å². The summed E-state index contributed by atoms with van der Waals surface area (Å²) < 4.78 is 16.0. The van der Waals surface area contributed by atoms with E-state index in [1.165, 1.54) is 11.0 Å². The highest BCUT2D eigenvalue weighted by molar-refractivity contribution is 5.93. The fraction of sp³-hybridized carbons (Fsp3) is 0.250. The predicted molar refractivity (Wildman–Crippen MR) is 101 cm³/mol. The summed E-state index contributed by atoms with van der Waals surface area (Å²) in [5.41, 5.74) is 3.48. The summed E-state index contributed by atoms with van der Waals surface area (Å²) >= 11 is 0. The Kier molecular flexibility index (Phi) is 5.61. The third-order valence-electron chi connectivity index (χ3n) is 4.11. The molecule has 3 aromatic rings. The molecular weight excluding hydrogens is 345 g/mol. The maximum Gasteiger partial charge on any atom is 0.253 e. The molecule has 0 aliphatic rings. The van der Waals surface area contributed by atoms with Crippen LogP contribution in [0.5, 0.6) is 0 Å². The average molecular weight is 367 g/mol. The lowest BCUT2D eigenvalue weighted by atomic mass is 10.2. The van der Waals surface area contributed by atoms with Gasteiger partial charge in [0.25, 0.3) is 5.91 Å².